The zero-order valence-electron chi connectivity index (χ0n) is 19.3. The number of esters is 1. The second-order valence-electron chi connectivity index (χ2n) is 7.89. The molecule has 0 saturated carbocycles. The van der Waals surface area contributed by atoms with Gasteiger partial charge in [-0.2, -0.15) is 0 Å². The summed E-state index contributed by atoms with van der Waals surface area (Å²) >= 11 is 0. The van der Waals surface area contributed by atoms with Crippen LogP contribution in [0.2, 0.25) is 0 Å². The fourth-order valence-electron chi connectivity index (χ4n) is 3.48. The second kappa shape index (κ2) is 13.2. The smallest absolute Gasteiger partial charge is 0.348 e. The molecule has 1 aromatic heterocycles. The molecule has 0 bridgehead atoms. The Morgan fingerprint density at radius 3 is 2.09 bits per heavy atom. The molecule has 0 fully saturated rings. The van der Waals surface area contributed by atoms with Crippen LogP contribution in [-0.4, -0.2) is 36.6 Å². The number of hydrogen-bond donors (Lipinski definition) is 1. The van der Waals surface area contributed by atoms with Crippen LogP contribution in [0, 0.1) is 0 Å². The maximum atomic E-state index is 13.5. The van der Waals surface area contributed by atoms with E-state index in [0.29, 0.717) is 6.42 Å². The summed E-state index contributed by atoms with van der Waals surface area (Å²) < 4.78 is 30.1. The Bertz CT molecular complexity index is 1050. The van der Waals surface area contributed by atoms with Crippen LogP contribution >= 0.6 is 7.60 Å². The van der Waals surface area contributed by atoms with Crippen molar-refractivity contribution in [3.63, 3.8) is 0 Å². The minimum Gasteiger partial charge on any atom is -0.464 e. The third-order valence-corrected chi connectivity index (χ3v) is 7.40. The van der Waals surface area contributed by atoms with Crippen LogP contribution in [-0.2, 0) is 42.4 Å². The quantitative estimate of drug-likeness (QED) is 0.217. The summed E-state index contributed by atoms with van der Waals surface area (Å²) in [5.74, 6) is -1.53. The normalized spacial score (nSPS) is 14.6. The lowest BCUT2D eigenvalue weighted by Gasteiger charge is -2.27. The van der Waals surface area contributed by atoms with Crippen molar-refractivity contribution in [3.8, 4) is 0 Å². The van der Waals surface area contributed by atoms with Gasteiger partial charge in [0, 0.05) is 25.9 Å². The first kappa shape index (κ1) is 25.8. The molecule has 1 heterocycles. The average molecular weight is 483 g/mol. The SMILES string of the molecule is COP(=O)(O[C@@H](Cc1ccccc1)C(=O)OCCCc1ccncc1)[C@@H](N)Cc1ccccc1. The molecular weight excluding hydrogens is 451 g/mol. The Labute approximate surface area is 200 Å². The average Bonchev–Trinajstić information content (AvgIpc) is 2.88. The van der Waals surface area contributed by atoms with E-state index in [1.165, 1.54) is 7.11 Å². The number of aryl methyl sites for hydroxylation is 1. The molecule has 8 heteroatoms. The summed E-state index contributed by atoms with van der Waals surface area (Å²) in [5.41, 5.74) is 9.11. The number of ether oxygens (including phenoxy) is 1. The minimum absolute atomic E-state index is 0.190. The van der Waals surface area contributed by atoms with E-state index in [1.54, 1.807) is 12.4 Å². The Morgan fingerprint density at radius 2 is 1.50 bits per heavy atom. The molecule has 2 aromatic carbocycles. The maximum Gasteiger partial charge on any atom is 0.348 e. The number of nitrogens with two attached hydrogens (primary N) is 1. The predicted molar refractivity (Wildman–Crippen MR) is 131 cm³/mol. The molecule has 34 heavy (non-hydrogen) atoms. The van der Waals surface area contributed by atoms with Gasteiger partial charge in [-0.3, -0.25) is 14.1 Å². The lowest BCUT2D eigenvalue weighted by Crippen LogP contribution is -2.33. The summed E-state index contributed by atoms with van der Waals surface area (Å²) in [6, 6.07) is 22.6. The molecule has 0 saturated heterocycles. The van der Waals surface area contributed by atoms with E-state index in [2.05, 4.69) is 4.98 Å². The first-order valence-corrected chi connectivity index (χ1v) is 12.8. The molecular formula is C26H31N2O5P. The Balaban J connectivity index is 1.66. The van der Waals surface area contributed by atoms with E-state index in [0.717, 1.165) is 23.1 Å². The number of pyridine rings is 1. The van der Waals surface area contributed by atoms with E-state index in [9.17, 15) is 9.36 Å². The topological polar surface area (TPSA) is 101 Å². The van der Waals surface area contributed by atoms with E-state index in [-0.39, 0.29) is 19.4 Å². The van der Waals surface area contributed by atoms with Crippen LogP contribution in [0.15, 0.2) is 85.2 Å². The third kappa shape index (κ3) is 7.89. The summed E-state index contributed by atoms with van der Waals surface area (Å²) in [7, 11) is -2.54. The van der Waals surface area contributed by atoms with Gasteiger partial charge in [0.15, 0.2) is 6.10 Å². The van der Waals surface area contributed by atoms with Gasteiger partial charge in [0.2, 0.25) is 0 Å². The molecule has 0 aliphatic carbocycles. The molecule has 1 unspecified atom stereocenters. The lowest BCUT2D eigenvalue weighted by molar-refractivity contribution is -0.152. The number of nitrogens with zero attached hydrogens (tertiary/aromatic N) is 1. The number of aromatic nitrogens is 1. The summed E-state index contributed by atoms with van der Waals surface area (Å²) in [4.78, 5) is 17.0. The molecule has 0 spiro atoms. The molecule has 0 aliphatic rings. The van der Waals surface area contributed by atoms with Crippen molar-refractivity contribution < 1.29 is 23.1 Å². The van der Waals surface area contributed by atoms with Crippen molar-refractivity contribution >= 4 is 13.6 Å². The third-order valence-electron chi connectivity index (χ3n) is 5.35. The second-order valence-corrected chi connectivity index (χ2v) is 10.2. The van der Waals surface area contributed by atoms with Crippen LogP contribution in [0.5, 0.6) is 0 Å². The first-order chi connectivity index (χ1) is 16.5. The van der Waals surface area contributed by atoms with Crippen LogP contribution < -0.4 is 5.73 Å². The molecule has 0 amide bonds. The molecule has 0 aliphatic heterocycles. The molecule has 0 radical (unpaired) electrons. The first-order valence-electron chi connectivity index (χ1n) is 11.2. The van der Waals surface area contributed by atoms with Gasteiger partial charge in [0.1, 0.15) is 5.78 Å². The van der Waals surface area contributed by atoms with Gasteiger partial charge in [-0.25, -0.2) is 4.79 Å². The fraction of sp³-hybridized carbons (Fsp3) is 0.308. The van der Waals surface area contributed by atoms with Gasteiger partial charge < -0.3 is 15.0 Å². The highest BCUT2D eigenvalue weighted by molar-refractivity contribution is 7.54. The van der Waals surface area contributed by atoms with E-state index in [4.69, 9.17) is 19.5 Å². The Kier molecular flexibility index (Phi) is 9.98. The summed E-state index contributed by atoms with van der Waals surface area (Å²) in [6.07, 6.45) is 4.20. The van der Waals surface area contributed by atoms with E-state index < -0.39 is 25.5 Å². The fourth-order valence-corrected chi connectivity index (χ4v) is 4.95. The minimum atomic E-state index is -3.82. The predicted octanol–water partition coefficient (Wildman–Crippen LogP) is 4.55. The van der Waals surface area contributed by atoms with Gasteiger partial charge in [-0.15, -0.1) is 0 Å². The van der Waals surface area contributed by atoms with Gasteiger partial charge in [-0.05, 0) is 48.1 Å². The summed E-state index contributed by atoms with van der Waals surface area (Å²) in [6.45, 7) is 0.211. The Morgan fingerprint density at radius 1 is 0.912 bits per heavy atom. The summed E-state index contributed by atoms with van der Waals surface area (Å²) in [5, 5.41) is 0. The van der Waals surface area contributed by atoms with Crippen molar-refractivity contribution in [2.24, 2.45) is 5.73 Å². The number of hydrogen-bond acceptors (Lipinski definition) is 7. The zero-order valence-corrected chi connectivity index (χ0v) is 20.2. The van der Waals surface area contributed by atoms with Gasteiger partial charge >= 0.3 is 13.6 Å². The molecule has 3 rings (SSSR count). The van der Waals surface area contributed by atoms with Gasteiger partial charge in [0.05, 0.1) is 6.61 Å². The standard InChI is InChI=1S/C26H31N2O5P/c1-31-34(30,25(27)20-23-11-6-3-7-12-23)33-24(19-22-9-4-2-5-10-22)26(29)32-18-8-13-21-14-16-28-17-15-21/h2-7,9-12,14-17,24-25H,8,13,18-20,27H2,1H3/t24-,25+,34?/m0/s1. The highest BCUT2D eigenvalue weighted by Gasteiger charge is 2.38. The van der Waals surface area contributed by atoms with Crippen LogP contribution in [0.1, 0.15) is 23.1 Å². The highest BCUT2D eigenvalue weighted by Crippen LogP contribution is 2.52. The lowest BCUT2D eigenvalue weighted by atomic mass is 10.1. The molecule has 7 nitrogen and oxygen atoms in total. The van der Waals surface area contributed by atoms with Gasteiger partial charge in [-0.1, -0.05) is 60.7 Å². The zero-order chi connectivity index (χ0) is 24.2. The Hall–Kier alpha value is -2.83. The molecule has 3 aromatic rings. The van der Waals surface area contributed by atoms with Crippen LogP contribution in [0.3, 0.4) is 0 Å². The van der Waals surface area contributed by atoms with E-state index >= 15 is 0 Å². The maximum absolute atomic E-state index is 13.5. The van der Waals surface area contributed by atoms with Crippen molar-refractivity contribution in [2.45, 2.75) is 37.6 Å². The number of benzene rings is 2. The van der Waals surface area contributed by atoms with Crippen LogP contribution in [0.25, 0.3) is 0 Å². The van der Waals surface area contributed by atoms with Crippen molar-refractivity contribution in [1.29, 1.82) is 0 Å². The molecule has 3 atom stereocenters. The largest absolute Gasteiger partial charge is 0.464 e. The molecule has 2 N–H and O–H groups in total. The monoisotopic (exact) mass is 482 g/mol. The van der Waals surface area contributed by atoms with Gasteiger partial charge in [0.25, 0.3) is 0 Å². The van der Waals surface area contributed by atoms with E-state index in [1.807, 2.05) is 72.8 Å². The van der Waals surface area contributed by atoms with Crippen molar-refractivity contribution in [3.05, 3.63) is 102 Å². The molecule has 180 valence electrons. The van der Waals surface area contributed by atoms with Crippen molar-refractivity contribution in [2.75, 3.05) is 13.7 Å². The van der Waals surface area contributed by atoms with Crippen molar-refractivity contribution in [1.82, 2.24) is 4.98 Å². The highest BCUT2D eigenvalue weighted by atomic mass is 31.2. The number of carbonyl (C=O) groups excluding carboxylic acids is 1. The number of carbonyl (C=O) groups is 1. The van der Waals surface area contributed by atoms with Crippen LogP contribution in [0.4, 0.5) is 0 Å². The number of rotatable bonds is 13.